The Morgan fingerprint density at radius 1 is 1.00 bits per heavy atom. The molecule has 2 aromatic rings. The minimum atomic E-state index is -1.77. The Kier molecular flexibility index (Phi) is 6.21. The standard InChI is InChI=1S/C25H26N4O5/c1-5-14-29-15-24(22(31)33-3)19(17-10-6-8-12-26-17)28(2)20(18-11-7-9-13-27-18)25(16-29,21(24)30)23(32)34-4/h1,6-13,19-20H,14-16H2,2-4H3. The molecule has 2 aromatic heterocycles. The van der Waals surface area contributed by atoms with E-state index in [-0.39, 0.29) is 19.6 Å². The molecule has 4 atom stereocenters. The van der Waals surface area contributed by atoms with Gasteiger partial charge in [0, 0.05) is 25.5 Å². The molecular formula is C25H26N4O5. The van der Waals surface area contributed by atoms with Gasteiger partial charge in [-0.15, -0.1) is 6.42 Å². The molecule has 4 rings (SSSR count). The van der Waals surface area contributed by atoms with Crippen LogP contribution in [-0.4, -0.2) is 78.4 Å². The molecule has 0 spiro atoms. The van der Waals surface area contributed by atoms with Crippen molar-refractivity contribution in [2.45, 2.75) is 12.1 Å². The molecule has 2 aliphatic heterocycles. The highest BCUT2D eigenvalue weighted by atomic mass is 16.5. The van der Waals surface area contributed by atoms with Crippen molar-refractivity contribution >= 4 is 17.7 Å². The number of Topliss-reactive ketones (excluding diaryl/α,β-unsaturated/α-hetero) is 1. The fourth-order valence-corrected chi connectivity index (χ4v) is 5.71. The number of likely N-dealkylation sites (tertiary alicyclic amines) is 2. The van der Waals surface area contributed by atoms with E-state index in [2.05, 4.69) is 15.9 Å². The first-order valence-electron chi connectivity index (χ1n) is 10.8. The summed E-state index contributed by atoms with van der Waals surface area (Å²) >= 11 is 0. The summed E-state index contributed by atoms with van der Waals surface area (Å²) in [6.07, 6.45) is 8.81. The van der Waals surface area contributed by atoms with Gasteiger partial charge in [-0.1, -0.05) is 18.1 Å². The number of carbonyl (C=O) groups excluding carboxylic acids is 3. The summed E-state index contributed by atoms with van der Waals surface area (Å²) in [4.78, 5) is 54.2. The zero-order valence-electron chi connectivity index (χ0n) is 19.3. The van der Waals surface area contributed by atoms with Crippen molar-refractivity contribution in [1.82, 2.24) is 19.8 Å². The summed E-state index contributed by atoms with van der Waals surface area (Å²) < 4.78 is 10.4. The van der Waals surface area contributed by atoms with Gasteiger partial charge in [0.2, 0.25) is 0 Å². The number of methoxy groups -OCH3 is 2. The van der Waals surface area contributed by atoms with Gasteiger partial charge in [-0.25, -0.2) is 0 Å². The van der Waals surface area contributed by atoms with Crippen molar-refractivity contribution in [3.63, 3.8) is 0 Å². The van der Waals surface area contributed by atoms with Crippen LogP contribution in [0.3, 0.4) is 0 Å². The summed E-state index contributed by atoms with van der Waals surface area (Å²) in [6.45, 7) is 0.0717. The predicted molar refractivity (Wildman–Crippen MR) is 121 cm³/mol. The third kappa shape index (κ3) is 3.22. The van der Waals surface area contributed by atoms with E-state index in [1.165, 1.54) is 14.2 Å². The minimum absolute atomic E-state index is 0.0258. The molecule has 2 saturated heterocycles. The van der Waals surface area contributed by atoms with Crippen molar-refractivity contribution in [2.75, 3.05) is 40.9 Å². The molecule has 0 N–H and O–H groups in total. The number of fused-ring (bicyclic) bond motifs is 2. The normalized spacial score (nSPS) is 29.2. The number of aromatic nitrogens is 2. The van der Waals surface area contributed by atoms with E-state index in [4.69, 9.17) is 15.9 Å². The van der Waals surface area contributed by atoms with Crippen LogP contribution in [-0.2, 0) is 23.9 Å². The lowest BCUT2D eigenvalue weighted by molar-refractivity contribution is -0.203. The third-order valence-electron chi connectivity index (χ3n) is 6.85. The number of ketones is 1. The zero-order valence-corrected chi connectivity index (χ0v) is 19.3. The first-order valence-corrected chi connectivity index (χ1v) is 10.8. The predicted octanol–water partition coefficient (Wildman–Crippen LogP) is 1.04. The van der Waals surface area contributed by atoms with Gasteiger partial charge in [-0.3, -0.25) is 34.2 Å². The third-order valence-corrected chi connectivity index (χ3v) is 6.85. The number of rotatable bonds is 5. The number of terminal acetylenes is 1. The van der Waals surface area contributed by atoms with E-state index in [9.17, 15) is 14.4 Å². The van der Waals surface area contributed by atoms with Crippen molar-refractivity contribution in [1.29, 1.82) is 0 Å². The Balaban J connectivity index is 2.08. The van der Waals surface area contributed by atoms with E-state index in [1.54, 1.807) is 60.7 Å². The lowest BCUT2D eigenvalue weighted by atomic mass is 9.54. The maximum Gasteiger partial charge on any atom is 0.322 e. The molecule has 2 aliphatic rings. The van der Waals surface area contributed by atoms with Crippen LogP contribution in [0.2, 0.25) is 0 Å². The van der Waals surface area contributed by atoms with Gasteiger partial charge in [0.1, 0.15) is 0 Å². The van der Waals surface area contributed by atoms with Crippen LogP contribution < -0.4 is 0 Å². The summed E-state index contributed by atoms with van der Waals surface area (Å²) in [5, 5.41) is 0. The number of piperidine rings is 2. The highest BCUT2D eigenvalue weighted by Crippen LogP contribution is 2.60. The average Bonchev–Trinajstić information content (AvgIpc) is 2.86. The maximum absolute atomic E-state index is 14.6. The number of pyridine rings is 2. The second-order valence-electron chi connectivity index (χ2n) is 8.58. The molecule has 176 valence electrons. The molecule has 34 heavy (non-hydrogen) atoms. The number of hydrogen-bond donors (Lipinski definition) is 0. The topological polar surface area (TPSA) is 102 Å². The molecule has 4 heterocycles. The number of nitrogens with zero attached hydrogens (tertiary/aromatic N) is 4. The van der Waals surface area contributed by atoms with E-state index in [1.807, 2.05) is 4.90 Å². The molecule has 9 heteroatoms. The molecule has 0 saturated carbocycles. The van der Waals surface area contributed by atoms with Gasteiger partial charge >= 0.3 is 11.9 Å². The number of carbonyl (C=O) groups is 3. The zero-order chi connectivity index (χ0) is 24.5. The molecule has 0 radical (unpaired) electrons. The van der Waals surface area contributed by atoms with Crippen molar-refractivity contribution in [3.8, 4) is 12.3 Å². The summed E-state index contributed by atoms with van der Waals surface area (Å²) in [6, 6.07) is 8.87. The van der Waals surface area contributed by atoms with Gasteiger partial charge in [-0.05, 0) is 31.3 Å². The molecule has 0 aromatic carbocycles. The average molecular weight is 463 g/mol. The fourth-order valence-electron chi connectivity index (χ4n) is 5.71. The van der Waals surface area contributed by atoms with Crippen LogP contribution in [0.5, 0.6) is 0 Å². The Morgan fingerprint density at radius 3 is 1.82 bits per heavy atom. The highest BCUT2D eigenvalue weighted by Gasteiger charge is 2.75. The summed E-state index contributed by atoms with van der Waals surface area (Å²) in [5.74, 6) is 0.493. The molecule has 9 nitrogen and oxygen atoms in total. The smallest absolute Gasteiger partial charge is 0.322 e. The van der Waals surface area contributed by atoms with Gasteiger partial charge in [0.15, 0.2) is 16.6 Å². The molecule has 0 aliphatic carbocycles. The Labute approximate surface area is 198 Å². The van der Waals surface area contributed by atoms with Crippen LogP contribution >= 0.6 is 0 Å². The first-order chi connectivity index (χ1) is 16.4. The fraction of sp³-hybridized carbons (Fsp3) is 0.400. The van der Waals surface area contributed by atoms with Crippen molar-refractivity contribution in [2.24, 2.45) is 10.8 Å². The maximum atomic E-state index is 14.6. The van der Waals surface area contributed by atoms with Crippen LogP contribution in [0.25, 0.3) is 0 Å². The number of ether oxygens (including phenoxy) is 2. The van der Waals surface area contributed by atoms with Crippen LogP contribution in [0.15, 0.2) is 48.8 Å². The molecular weight excluding hydrogens is 436 g/mol. The van der Waals surface area contributed by atoms with E-state index < -0.39 is 40.6 Å². The molecule has 4 unspecified atom stereocenters. The van der Waals surface area contributed by atoms with Crippen molar-refractivity contribution in [3.05, 3.63) is 60.2 Å². The van der Waals surface area contributed by atoms with Gasteiger partial charge < -0.3 is 9.47 Å². The second kappa shape index (κ2) is 8.97. The summed E-state index contributed by atoms with van der Waals surface area (Å²) in [7, 11) is 4.21. The number of hydrogen-bond acceptors (Lipinski definition) is 9. The Morgan fingerprint density at radius 2 is 1.47 bits per heavy atom. The van der Waals surface area contributed by atoms with Gasteiger partial charge in [-0.2, -0.15) is 0 Å². The highest BCUT2D eigenvalue weighted by molar-refractivity contribution is 6.17. The lowest BCUT2D eigenvalue weighted by Crippen LogP contribution is -2.75. The van der Waals surface area contributed by atoms with Gasteiger partial charge in [0.05, 0.1) is 44.2 Å². The molecule has 2 bridgehead atoms. The first kappa shape index (κ1) is 23.5. The Bertz CT molecular complexity index is 1060. The van der Waals surface area contributed by atoms with E-state index >= 15 is 0 Å². The van der Waals surface area contributed by atoms with Gasteiger partial charge in [0.25, 0.3) is 0 Å². The lowest BCUT2D eigenvalue weighted by Gasteiger charge is -2.60. The number of esters is 2. The molecule has 0 amide bonds. The molecule has 2 fully saturated rings. The van der Waals surface area contributed by atoms with E-state index in [0.717, 1.165) is 0 Å². The minimum Gasteiger partial charge on any atom is -0.468 e. The van der Waals surface area contributed by atoms with E-state index in [0.29, 0.717) is 11.4 Å². The monoisotopic (exact) mass is 462 g/mol. The summed E-state index contributed by atoms with van der Waals surface area (Å²) in [5.41, 5.74) is -2.56. The largest absolute Gasteiger partial charge is 0.468 e. The SMILES string of the molecule is C#CCN1CC2(C(=O)OC)C(=O)C(C(=O)OC)(C1)C(c1ccccn1)N(C)C2c1ccccn1. The quantitative estimate of drug-likeness (QED) is 0.366. The Hall–Kier alpha value is -3.61. The van der Waals surface area contributed by atoms with Crippen molar-refractivity contribution < 1.29 is 23.9 Å². The van der Waals surface area contributed by atoms with Crippen LogP contribution in [0.1, 0.15) is 23.5 Å². The van der Waals surface area contributed by atoms with Crippen LogP contribution in [0, 0.1) is 23.2 Å². The second-order valence-corrected chi connectivity index (χ2v) is 8.58. The van der Waals surface area contributed by atoms with Crippen LogP contribution in [0.4, 0.5) is 0 Å².